The van der Waals surface area contributed by atoms with Crippen molar-refractivity contribution in [2.45, 2.75) is 0 Å². The van der Waals surface area contributed by atoms with E-state index in [1.165, 1.54) is 0 Å². The van der Waals surface area contributed by atoms with Crippen LogP contribution in [0.3, 0.4) is 0 Å². The van der Waals surface area contributed by atoms with E-state index in [9.17, 15) is 0 Å². The third-order valence-electron chi connectivity index (χ3n) is 0. The minimum Gasteiger partial charge on any atom is 0 e. The topological polar surface area (TPSA) is 0 Å². The monoisotopic (exact) mass is 202 g/mol. The van der Waals surface area contributed by atoms with Crippen molar-refractivity contribution in [3.8, 4) is 0 Å². The van der Waals surface area contributed by atoms with Crippen LogP contribution in [0.25, 0.3) is 0 Å². The Morgan fingerprint density at radius 2 is 1.00 bits per heavy atom. The molecule has 4 heavy (non-hydrogen) atoms. The molecule has 0 saturated carbocycles. The smallest absolute Gasteiger partial charge is 0 e. The zero-order valence-electron chi connectivity index (χ0n) is 1.12. The van der Waals surface area contributed by atoms with E-state index in [0.717, 1.165) is 0 Å². The van der Waals surface area contributed by atoms with E-state index in [-0.39, 0.29) is 72.0 Å². The fourth-order valence-electron chi connectivity index (χ4n) is 0. The summed E-state index contributed by atoms with van der Waals surface area (Å²) in [6, 6.07) is 0. The van der Waals surface area contributed by atoms with Gasteiger partial charge in [0, 0.05) is 40.5 Å². The van der Waals surface area contributed by atoms with Crippen LogP contribution in [0.2, 0.25) is 0 Å². The Bertz CT molecular complexity index is 8.00. The van der Waals surface area contributed by atoms with Crippen molar-refractivity contribution in [2.75, 3.05) is 0 Å². The molecular weight excluding hydrogens is 196 g/mol. The molecule has 18 valence electrons. The molecule has 0 radical (unpaired) electrons. The Labute approximate surface area is 71.2 Å². The average molecular weight is 201 g/mol. The van der Waals surface area contributed by atoms with E-state index in [2.05, 4.69) is 0 Å². The molecule has 0 aromatic heterocycles. The molecule has 0 aliphatic heterocycles. The molecule has 0 saturated heterocycles. The molecule has 0 nitrogen and oxygen atoms in total. The fourth-order valence-corrected chi connectivity index (χ4v) is 0. The van der Waals surface area contributed by atoms with Crippen molar-refractivity contribution in [1.29, 1.82) is 0 Å². The van der Waals surface area contributed by atoms with Crippen LogP contribution < -0.4 is 0 Å². The minimum absolute atomic E-state index is 0. The molecule has 0 aromatic carbocycles. The van der Waals surface area contributed by atoms with Gasteiger partial charge >= 0.3 is 23.1 Å². The largest absolute Gasteiger partial charge is 0.316 e. The first-order valence-corrected chi connectivity index (χ1v) is 0. The molecule has 0 atom stereocenters. The van der Waals surface area contributed by atoms with E-state index < -0.39 is 0 Å². The van der Waals surface area contributed by atoms with Crippen LogP contribution >= 0.6 is 0 Å². The first-order valence-electron chi connectivity index (χ1n) is 0. The Balaban J connectivity index is 0. The zero-order valence-corrected chi connectivity index (χ0v) is 6.09. The Kier molecular flexibility index (Phi) is 170. The van der Waals surface area contributed by atoms with Gasteiger partial charge in [-0.2, -0.15) is 0 Å². The van der Waals surface area contributed by atoms with Gasteiger partial charge in [-0.3, -0.25) is 0 Å². The fraction of sp³-hybridized carbons (Fsp3) is 0. The summed E-state index contributed by atoms with van der Waals surface area (Å²) in [4.78, 5) is 0. The van der Waals surface area contributed by atoms with Crippen molar-refractivity contribution in [1.82, 2.24) is 0 Å². The summed E-state index contributed by atoms with van der Waals surface area (Å²) in [5.74, 6) is 0. The van der Waals surface area contributed by atoms with Crippen LogP contribution in [0.5, 0.6) is 0 Å². The van der Waals surface area contributed by atoms with Crippen LogP contribution in [0, 0.1) is 0 Å². The summed E-state index contributed by atoms with van der Waals surface area (Å²) in [5, 5.41) is 0. The summed E-state index contributed by atoms with van der Waals surface area (Å²) in [6.07, 6.45) is 0. The third kappa shape index (κ3) is 8.91. The van der Waals surface area contributed by atoms with Gasteiger partial charge in [0.25, 0.3) is 0 Å². The quantitative estimate of drug-likeness (QED) is 0.394. The van der Waals surface area contributed by atoms with Gasteiger partial charge in [-0.05, 0) is 0 Å². The van der Waals surface area contributed by atoms with Crippen molar-refractivity contribution >= 4 is 31.5 Å². The maximum absolute atomic E-state index is 0. The van der Waals surface area contributed by atoms with Gasteiger partial charge in [0.15, 0.2) is 0 Å². The van der Waals surface area contributed by atoms with Gasteiger partial charge < -0.3 is 0 Å². The second kappa shape index (κ2) is 19.2. The Morgan fingerprint density at radius 1 is 1.00 bits per heavy atom. The maximum atomic E-state index is 0. The first kappa shape index (κ1) is 35.4. The van der Waals surface area contributed by atoms with Crippen LogP contribution in [-0.2, 0) is 40.5 Å². The van der Waals surface area contributed by atoms with E-state index in [0.29, 0.717) is 0 Å². The van der Waals surface area contributed by atoms with Crippen LogP contribution in [0.15, 0.2) is 0 Å². The molecule has 0 rings (SSSR count). The summed E-state index contributed by atoms with van der Waals surface area (Å²) in [7, 11) is 0. The average Bonchev–Trinajstić information content (AvgIpc) is 0. The molecule has 0 amide bonds. The summed E-state index contributed by atoms with van der Waals surface area (Å²) in [5.41, 5.74) is 0. The van der Waals surface area contributed by atoms with Gasteiger partial charge in [-0.1, -0.05) is 0 Å². The number of hydrogen-bond donors (Lipinski definition) is 0. The van der Waals surface area contributed by atoms with Gasteiger partial charge in [0.1, 0.15) is 0 Å². The predicted octanol–water partition coefficient (Wildman–Crippen LogP) is -2.11. The SMILES string of the molecule is B.[MgH2].[Mo].[Zn]. The number of hydrogen-bond acceptors (Lipinski definition) is 0. The van der Waals surface area contributed by atoms with Crippen molar-refractivity contribution in [3.05, 3.63) is 0 Å². The molecule has 0 spiro atoms. The maximum Gasteiger partial charge on any atom is 0.316 e. The summed E-state index contributed by atoms with van der Waals surface area (Å²) >= 11 is 0. The molecule has 0 aromatic rings. The molecular formula is H5BMgMoZn. The molecule has 0 bridgehead atoms. The molecule has 0 fully saturated rings. The Morgan fingerprint density at radius 3 is 1.00 bits per heavy atom. The van der Waals surface area contributed by atoms with Crippen molar-refractivity contribution in [3.63, 3.8) is 0 Å². The van der Waals surface area contributed by atoms with E-state index in [1.807, 2.05) is 0 Å². The molecule has 0 aliphatic rings. The van der Waals surface area contributed by atoms with Gasteiger partial charge in [0.05, 0.1) is 8.41 Å². The van der Waals surface area contributed by atoms with Crippen LogP contribution in [0.4, 0.5) is 0 Å². The van der Waals surface area contributed by atoms with Crippen LogP contribution in [-0.4, -0.2) is 31.5 Å². The summed E-state index contributed by atoms with van der Waals surface area (Å²) < 4.78 is 0. The standard InChI is InChI=1S/BH3.Mg.Mo.Zn.2H/h1H3;;;;;. The van der Waals surface area contributed by atoms with Crippen LogP contribution in [0.1, 0.15) is 0 Å². The predicted molar refractivity (Wildman–Crippen MR) is 18.5 cm³/mol. The minimum atomic E-state index is 0. The molecule has 0 N–H and O–H groups in total. The second-order valence-corrected chi connectivity index (χ2v) is 0. The summed E-state index contributed by atoms with van der Waals surface area (Å²) in [6.45, 7) is 0. The second-order valence-electron chi connectivity index (χ2n) is 0. The van der Waals surface area contributed by atoms with E-state index in [1.54, 1.807) is 0 Å². The van der Waals surface area contributed by atoms with Crippen molar-refractivity contribution < 1.29 is 40.5 Å². The first-order chi connectivity index (χ1) is 0. The normalized spacial score (nSPS) is 0. The van der Waals surface area contributed by atoms with Crippen molar-refractivity contribution in [2.24, 2.45) is 0 Å². The van der Waals surface area contributed by atoms with Gasteiger partial charge in [-0.15, -0.1) is 0 Å². The van der Waals surface area contributed by atoms with E-state index in [4.69, 9.17) is 0 Å². The van der Waals surface area contributed by atoms with E-state index >= 15 is 0 Å². The number of rotatable bonds is 0. The van der Waals surface area contributed by atoms with Gasteiger partial charge in [0.2, 0.25) is 0 Å². The molecule has 4 heteroatoms. The Hall–Kier alpha value is 2.14. The zero-order chi connectivity index (χ0) is 0. The molecule has 0 heterocycles. The third-order valence-corrected chi connectivity index (χ3v) is 0. The molecule has 0 unspecified atom stereocenters. The van der Waals surface area contributed by atoms with Gasteiger partial charge in [-0.25, -0.2) is 0 Å². The molecule has 0 aliphatic carbocycles.